The maximum Gasteiger partial charge on any atom is 0.128 e. The maximum atomic E-state index is 13.4. The van der Waals surface area contributed by atoms with Crippen LogP contribution in [0.5, 0.6) is 5.75 Å². The molecule has 20 heavy (non-hydrogen) atoms. The Bertz CT molecular complexity index is 654. The highest BCUT2D eigenvalue weighted by atomic mass is 19.1. The van der Waals surface area contributed by atoms with Gasteiger partial charge in [-0.05, 0) is 30.2 Å². The van der Waals surface area contributed by atoms with Gasteiger partial charge in [0.2, 0.25) is 0 Å². The molecule has 0 bridgehead atoms. The van der Waals surface area contributed by atoms with Crippen LogP contribution in [0.1, 0.15) is 16.7 Å². The number of aliphatic hydroxyl groups is 1. The fourth-order valence-electron chi connectivity index (χ4n) is 1.79. The molecule has 0 fully saturated rings. The molecule has 0 heterocycles. The van der Waals surface area contributed by atoms with Crippen LogP contribution >= 0.6 is 0 Å². The molecule has 2 nitrogen and oxygen atoms in total. The van der Waals surface area contributed by atoms with E-state index < -0.39 is 5.82 Å². The van der Waals surface area contributed by atoms with Crippen LogP contribution in [0.3, 0.4) is 0 Å². The van der Waals surface area contributed by atoms with Gasteiger partial charge in [-0.1, -0.05) is 36.1 Å². The van der Waals surface area contributed by atoms with Crippen molar-refractivity contribution in [1.82, 2.24) is 0 Å². The van der Waals surface area contributed by atoms with E-state index in [0.717, 1.165) is 11.1 Å². The fraction of sp³-hybridized carbons (Fsp3) is 0.176. The molecule has 3 heteroatoms. The first-order valence-corrected chi connectivity index (χ1v) is 6.26. The van der Waals surface area contributed by atoms with Gasteiger partial charge in [-0.3, -0.25) is 0 Å². The third-order valence-electron chi connectivity index (χ3n) is 2.84. The van der Waals surface area contributed by atoms with Crippen LogP contribution in [0.2, 0.25) is 0 Å². The van der Waals surface area contributed by atoms with Crippen molar-refractivity contribution >= 4 is 0 Å². The second kappa shape index (κ2) is 6.74. The molecular weight excluding hydrogens is 255 g/mol. The minimum atomic E-state index is -0.408. The Morgan fingerprint density at radius 1 is 1.20 bits per heavy atom. The lowest BCUT2D eigenvalue weighted by Crippen LogP contribution is -1.98. The standard InChI is InChI=1S/C17H15FO2/c1-13-5-2-3-7-15(13)12-20-17-10-14(6-4-8-19)9-16(18)11-17/h2-3,5,7,9-11,19H,8,12H2,1H3. The predicted molar refractivity (Wildman–Crippen MR) is 75.9 cm³/mol. The zero-order valence-corrected chi connectivity index (χ0v) is 11.2. The molecule has 0 atom stereocenters. The molecule has 1 N–H and O–H groups in total. The molecule has 102 valence electrons. The molecule has 0 spiro atoms. The average Bonchev–Trinajstić information content (AvgIpc) is 2.44. The van der Waals surface area contributed by atoms with E-state index in [9.17, 15) is 4.39 Å². The number of ether oxygens (including phenoxy) is 1. The van der Waals surface area contributed by atoms with Gasteiger partial charge in [0.15, 0.2) is 0 Å². The zero-order valence-electron chi connectivity index (χ0n) is 11.2. The summed E-state index contributed by atoms with van der Waals surface area (Å²) in [7, 11) is 0. The Balaban J connectivity index is 2.13. The van der Waals surface area contributed by atoms with Crippen LogP contribution in [0.25, 0.3) is 0 Å². The molecule has 0 amide bonds. The van der Waals surface area contributed by atoms with Crippen molar-refractivity contribution in [3.8, 4) is 17.6 Å². The second-order valence-electron chi connectivity index (χ2n) is 4.35. The predicted octanol–water partition coefficient (Wildman–Crippen LogP) is 3.06. The fourth-order valence-corrected chi connectivity index (χ4v) is 1.79. The van der Waals surface area contributed by atoms with Gasteiger partial charge in [0.1, 0.15) is 24.8 Å². The van der Waals surface area contributed by atoms with Crippen molar-refractivity contribution in [2.45, 2.75) is 13.5 Å². The van der Waals surface area contributed by atoms with Crippen molar-refractivity contribution in [2.24, 2.45) is 0 Å². The summed E-state index contributed by atoms with van der Waals surface area (Å²) in [5.41, 5.74) is 2.67. The molecule has 0 radical (unpaired) electrons. The minimum absolute atomic E-state index is 0.254. The van der Waals surface area contributed by atoms with E-state index in [-0.39, 0.29) is 6.61 Å². The first-order chi connectivity index (χ1) is 9.69. The quantitative estimate of drug-likeness (QED) is 0.869. The highest BCUT2D eigenvalue weighted by molar-refractivity contribution is 5.40. The minimum Gasteiger partial charge on any atom is -0.489 e. The number of benzene rings is 2. The Morgan fingerprint density at radius 2 is 2.00 bits per heavy atom. The maximum absolute atomic E-state index is 13.4. The summed E-state index contributed by atoms with van der Waals surface area (Å²) in [5.74, 6) is 5.17. The lowest BCUT2D eigenvalue weighted by Gasteiger charge is -2.09. The van der Waals surface area contributed by atoms with E-state index in [2.05, 4.69) is 11.8 Å². The highest BCUT2D eigenvalue weighted by Crippen LogP contribution is 2.18. The molecule has 0 aliphatic carbocycles. The molecule has 2 aromatic carbocycles. The molecule has 0 unspecified atom stereocenters. The molecule has 2 aromatic rings. The van der Waals surface area contributed by atoms with E-state index >= 15 is 0 Å². The van der Waals surface area contributed by atoms with E-state index in [1.807, 2.05) is 31.2 Å². The van der Waals surface area contributed by atoms with Gasteiger partial charge in [0.25, 0.3) is 0 Å². The van der Waals surface area contributed by atoms with Crippen LogP contribution in [0.4, 0.5) is 4.39 Å². The molecule has 0 saturated heterocycles. The Hall–Kier alpha value is -2.31. The molecule has 0 aromatic heterocycles. The summed E-state index contributed by atoms with van der Waals surface area (Å²) in [5, 5.41) is 8.65. The zero-order chi connectivity index (χ0) is 14.4. The van der Waals surface area contributed by atoms with E-state index in [0.29, 0.717) is 17.9 Å². The van der Waals surface area contributed by atoms with E-state index in [4.69, 9.17) is 9.84 Å². The van der Waals surface area contributed by atoms with Crippen LogP contribution in [-0.4, -0.2) is 11.7 Å². The monoisotopic (exact) mass is 270 g/mol. The highest BCUT2D eigenvalue weighted by Gasteiger charge is 2.02. The third kappa shape index (κ3) is 3.84. The molecule has 0 aliphatic heterocycles. The lowest BCUT2D eigenvalue weighted by molar-refractivity contribution is 0.303. The first kappa shape index (κ1) is 14.1. The van der Waals surface area contributed by atoms with Crippen LogP contribution in [-0.2, 0) is 6.61 Å². The summed E-state index contributed by atoms with van der Waals surface area (Å²) in [6.07, 6.45) is 0. The summed E-state index contributed by atoms with van der Waals surface area (Å²) >= 11 is 0. The Labute approximate surface area is 117 Å². The number of aryl methyl sites for hydroxylation is 1. The van der Waals surface area contributed by atoms with Crippen LogP contribution in [0, 0.1) is 24.6 Å². The molecule has 2 rings (SSSR count). The SMILES string of the molecule is Cc1ccccc1COc1cc(F)cc(C#CCO)c1. The van der Waals surface area contributed by atoms with Crippen molar-refractivity contribution < 1.29 is 14.2 Å². The van der Waals surface area contributed by atoms with Gasteiger partial charge < -0.3 is 9.84 Å². The van der Waals surface area contributed by atoms with E-state index in [1.54, 1.807) is 6.07 Å². The average molecular weight is 270 g/mol. The van der Waals surface area contributed by atoms with Crippen molar-refractivity contribution in [2.75, 3.05) is 6.61 Å². The van der Waals surface area contributed by atoms with Crippen LogP contribution in [0.15, 0.2) is 42.5 Å². The first-order valence-electron chi connectivity index (χ1n) is 6.26. The van der Waals surface area contributed by atoms with Gasteiger partial charge in [0.05, 0.1) is 0 Å². The Morgan fingerprint density at radius 3 is 2.75 bits per heavy atom. The number of halogens is 1. The smallest absolute Gasteiger partial charge is 0.128 e. The number of hydrogen-bond donors (Lipinski definition) is 1. The topological polar surface area (TPSA) is 29.5 Å². The van der Waals surface area contributed by atoms with Crippen molar-refractivity contribution in [3.05, 3.63) is 65.0 Å². The van der Waals surface area contributed by atoms with Gasteiger partial charge in [-0.2, -0.15) is 0 Å². The summed E-state index contributed by atoms with van der Waals surface area (Å²) in [4.78, 5) is 0. The van der Waals surface area contributed by atoms with Crippen LogP contribution < -0.4 is 4.74 Å². The van der Waals surface area contributed by atoms with Gasteiger partial charge in [0, 0.05) is 11.6 Å². The normalized spacial score (nSPS) is 9.75. The molecule has 0 aliphatic rings. The molecular formula is C17H15FO2. The van der Waals surface area contributed by atoms with Gasteiger partial charge >= 0.3 is 0 Å². The second-order valence-corrected chi connectivity index (χ2v) is 4.35. The molecule has 0 saturated carbocycles. The number of aliphatic hydroxyl groups excluding tert-OH is 1. The summed E-state index contributed by atoms with van der Waals surface area (Å²) in [6, 6.07) is 12.2. The number of hydrogen-bond acceptors (Lipinski definition) is 2. The largest absolute Gasteiger partial charge is 0.489 e. The van der Waals surface area contributed by atoms with E-state index in [1.165, 1.54) is 12.1 Å². The lowest BCUT2D eigenvalue weighted by atomic mass is 10.1. The van der Waals surface area contributed by atoms with Crippen molar-refractivity contribution in [1.29, 1.82) is 0 Å². The summed E-state index contributed by atoms with van der Waals surface area (Å²) < 4.78 is 19.1. The number of rotatable bonds is 3. The van der Waals surface area contributed by atoms with Gasteiger partial charge in [-0.15, -0.1) is 0 Å². The Kier molecular flexibility index (Phi) is 4.75. The van der Waals surface area contributed by atoms with Crippen molar-refractivity contribution in [3.63, 3.8) is 0 Å². The van der Waals surface area contributed by atoms with Gasteiger partial charge in [-0.25, -0.2) is 4.39 Å². The third-order valence-corrected chi connectivity index (χ3v) is 2.84. The summed E-state index contributed by atoms with van der Waals surface area (Å²) in [6.45, 7) is 2.13.